The summed E-state index contributed by atoms with van der Waals surface area (Å²) in [6.07, 6.45) is 3.54. The number of aryl methyl sites for hydroxylation is 1. The lowest BCUT2D eigenvalue weighted by atomic mass is 10.0. The molecule has 1 aromatic heterocycles. The zero-order valence-corrected chi connectivity index (χ0v) is 12.1. The van der Waals surface area contributed by atoms with Crippen molar-refractivity contribution < 1.29 is 9.72 Å². The summed E-state index contributed by atoms with van der Waals surface area (Å²) in [5.74, 6) is -0.360. The van der Waals surface area contributed by atoms with E-state index in [2.05, 4.69) is 4.98 Å². The number of pyridine rings is 1. The Morgan fingerprint density at radius 1 is 1.27 bits per heavy atom. The quantitative estimate of drug-likeness (QED) is 0.626. The molecule has 0 aliphatic carbocycles. The molecule has 2 rings (SSSR count). The summed E-state index contributed by atoms with van der Waals surface area (Å²) in [6, 6.07) is 10.7. The molecule has 0 saturated heterocycles. The van der Waals surface area contributed by atoms with Crippen molar-refractivity contribution in [1.29, 1.82) is 0 Å². The van der Waals surface area contributed by atoms with Gasteiger partial charge in [-0.3, -0.25) is 19.9 Å². The van der Waals surface area contributed by atoms with Crippen LogP contribution in [0.4, 0.5) is 5.69 Å². The maximum absolute atomic E-state index is 11.3. The molecular weight excluding hydrogens is 282 g/mol. The Kier molecular flexibility index (Phi) is 5.19. The molecular formula is C16H17N3O3. The van der Waals surface area contributed by atoms with E-state index in [9.17, 15) is 14.9 Å². The predicted octanol–water partition coefficient (Wildman–Crippen LogP) is 2.39. The molecule has 114 valence electrons. The number of nitro benzene ring substituents is 1. The van der Waals surface area contributed by atoms with E-state index in [4.69, 9.17) is 5.73 Å². The van der Waals surface area contributed by atoms with Gasteiger partial charge in [0.15, 0.2) is 0 Å². The Bertz CT molecular complexity index is 672. The molecule has 0 spiro atoms. The first-order valence-corrected chi connectivity index (χ1v) is 7.00. The molecule has 0 radical (unpaired) electrons. The van der Waals surface area contributed by atoms with Crippen LogP contribution in [0.25, 0.3) is 0 Å². The lowest BCUT2D eigenvalue weighted by Gasteiger charge is -2.06. The van der Waals surface area contributed by atoms with Gasteiger partial charge in [-0.1, -0.05) is 18.2 Å². The highest BCUT2D eigenvalue weighted by molar-refractivity contribution is 5.73. The van der Waals surface area contributed by atoms with E-state index >= 15 is 0 Å². The zero-order chi connectivity index (χ0) is 15.9. The number of rotatable bonds is 7. The lowest BCUT2D eigenvalue weighted by Crippen LogP contribution is -2.10. The van der Waals surface area contributed by atoms with Gasteiger partial charge in [0.25, 0.3) is 5.69 Å². The van der Waals surface area contributed by atoms with Gasteiger partial charge in [0, 0.05) is 36.4 Å². The molecule has 1 heterocycles. The molecule has 0 atom stereocenters. The first-order valence-electron chi connectivity index (χ1n) is 7.00. The number of carbonyl (C=O) groups is 1. The second-order valence-electron chi connectivity index (χ2n) is 5.04. The highest BCUT2D eigenvalue weighted by atomic mass is 16.6. The van der Waals surface area contributed by atoms with Crippen LogP contribution >= 0.6 is 0 Å². The topological polar surface area (TPSA) is 99.1 Å². The summed E-state index contributed by atoms with van der Waals surface area (Å²) in [4.78, 5) is 25.8. The largest absolute Gasteiger partial charge is 0.370 e. The van der Waals surface area contributed by atoms with Gasteiger partial charge in [0.05, 0.1) is 4.92 Å². The molecule has 1 amide bonds. The average molecular weight is 299 g/mol. The van der Waals surface area contributed by atoms with Crippen molar-refractivity contribution in [3.63, 3.8) is 0 Å². The number of nitrogens with zero attached hydrogens (tertiary/aromatic N) is 2. The lowest BCUT2D eigenvalue weighted by molar-refractivity contribution is -0.385. The number of amides is 1. The fourth-order valence-electron chi connectivity index (χ4n) is 2.25. The van der Waals surface area contributed by atoms with Crippen molar-refractivity contribution >= 4 is 11.6 Å². The maximum atomic E-state index is 11.3. The van der Waals surface area contributed by atoms with Crippen LogP contribution in [0.2, 0.25) is 0 Å². The van der Waals surface area contributed by atoms with Crippen LogP contribution in [0.5, 0.6) is 0 Å². The number of hydrogen-bond donors (Lipinski definition) is 1. The highest BCUT2D eigenvalue weighted by Gasteiger charge is 2.15. The van der Waals surface area contributed by atoms with Crippen LogP contribution in [-0.4, -0.2) is 15.8 Å². The van der Waals surface area contributed by atoms with Gasteiger partial charge in [-0.05, 0) is 30.5 Å². The predicted molar refractivity (Wildman–Crippen MR) is 82.3 cm³/mol. The van der Waals surface area contributed by atoms with Crippen molar-refractivity contribution in [3.8, 4) is 0 Å². The molecule has 0 aliphatic heterocycles. The van der Waals surface area contributed by atoms with E-state index in [0.29, 0.717) is 24.8 Å². The van der Waals surface area contributed by atoms with Crippen LogP contribution in [0.1, 0.15) is 29.7 Å². The van der Waals surface area contributed by atoms with Crippen LogP contribution in [-0.2, 0) is 17.6 Å². The van der Waals surface area contributed by atoms with Crippen LogP contribution in [0.3, 0.4) is 0 Å². The smallest absolute Gasteiger partial charge is 0.273 e. The number of hydrogen-bond acceptors (Lipinski definition) is 4. The zero-order valence-electron chi connectivity index (χ0n) is 12.1. The first-order chi connectivity index (χ1) is 10.6. The number of nitrogens with two attached hydrogens (primary N) is 1. The van der Waals surface area contributed by atoms with Gasteiger partial charge in [-0.2, -0.15) is 0 Å². The number of aromatic nitrogens is 1. The second kappa shape index (κ2) is 7.31. The minimum absolute atomic E-state index is 0.0854. The molecule has 0 saturated carbocycles. The number of carbonyl (C=O) groups excluding carboxylic acids is 1. The molecule has 0 unspecified atom stereocenters. The third-order valence-electron chi connectivity index (χ3n) is 3.33. The Morgan fingerprint density at radius 2 is 2.09 bits per heavy atom. The summed E-state index contributed by atoms with van der Waals surface area (Å²) in [7, 11) is 0. The van der Waals surface area contributed by atoms with Crippen LogP contribution in [0, 0.1) is 10.1 Å². The van der Waals surface area contributed by atoms with Crippen molar-refractivity contribution in [1.82, 2.24) is 4.98 Å². The third kappa shape index (κ3) is 4.37. The molecule has 1 aromatic carbocycles. The summed E-state index contributed by atoms with van der Waals surface area (Å²) in [6.45, 7) is 0. The average Bonchev–Trinajstić information content (AvgIpc) is 2.49. The summed E-state index contributed by atoms with van der Waals surface area (Å²) >= 11 is 0. The maximum Gasteiger partial charge on any atom is 0.273 e. The molecule has 0 aliphatic rings. The van der Waals surface area contributed by atoms with E-state index in [1.807, 2.05) is 18.2 Å². The fourth-order valence-corrected chi connectivity index (χ4v) is 2.25. The molecule has 2 N–H and O–H groups in total. The van der Waals surface area contributed by atoms with Crippen LogP contribution in [0.15, 0.2) is 42.6 Å². The number of nitro groups is 1. The van der Waals surface area contributed by atoms with Gasteiger partial charge < -0.3 is 5.73 Å². The fraction of sp³-hybridized carbons (Fsp3) is 0.250. The summed E-state index contributed by atoms with van der Waals surface area (Å²) in [5.41, 5.74) is 7.42. The SMILES string of the molecule is NC(=O)CCCc1ccc(Cc2ccccn2)c([N+](=O)[O-])c1. The van der Waals surface area contributed by atoms with Gasteiger partial charge in [0.1, 0.15) is 0 Å². The van der Waals surface area contributed by atoms with Crippen molar-refractivity contribution in [3.05, 3.63) is 69.5 Å². The number of primary amides is 1. The highest BCUT2D eigenvalue weighted by Crippen LogP contribution is 2.23. The van der Waals surface area contributed by atoms with E-state index in [-0.39, 0.29) is 22.9 Å². The van der Waals surface area contributed by atoms with Crippen molar-refractivity contribution in [2.45, 2.75) is 25.7 Å². The van der Waals surface area contributed by atoms with E-state index in [1.165, 1.54) is 0 Å². The molecule has 0 bridgehead atoms. The van der Waals surface area contributed by atoms with Crippen molar-refractivity contribution in [2.75, 3.05) is 0 Å². The van der Waals surface area contributed by atoms with Crippen LogP contribution < -0.4 is 5.73 Å². The molecule has 6 nitrogen and oxygen atoms in total. The van der Waals surface area contributed by atoms with E-state index in [1.54, 1.807) is 24.4 Å². The normalized spacial score (nSPS) is 10.4. The summed E-state index contributed by atoms with van der Waals surface area (Å²) < 4.78 is 0. The number of benzene rings is 1. The third-order valence-corrected chi connectivity index (χ3v) is 3.33. The Labute approximate surface area is 128 Å². The molecule has 2 aromatic rings. The molecule has 6 heteroatoms. The van der Waals surface area contributed by atoms with Crippen molar-refractivity contribution in [2.24, 2.45) is 5.73 Å². The second-order valence-corrected chi connectivity index (χ2v) is 5.04. The standard InChI is InChI=1S/C16H17N3O3/c17-16(20)6-3-4-12-7-8-13(15(10-12)19(21)22)11-14-5-1-2-9-18-14/h1-2,5,7-10H,3-4,6,11H2,(H2,17,20). The Balaban J connectivity index is 2.16. The van der Waals surface area contributed by atoms with Gasteiger partial charge in [-0.25, -0.2) is 0 Å². The summed E-state index contributed by atoms with van der Waals surface area (Å²) in [5, 5.41) is 11.3. The van der Waals surface area contributed by atoms with Gasteiger partial charge >= 0.3 is 0 Å². The molecule has 22 heavy (non-hydrogen) atoms. The Hall–Kier alpha value is -2.76. The molecule has 0 fully saturated rings. The van der Waals surface area contributed by atoms with Gasteiger partial charge in [-0.15, -0.1) is 0 Å². The first kappa shape index (κ1) is 15.6. The Morgan fingerprint density at radius 3 is 2.73 bits per heavy atom. The van der Waals surface area contributed by atoms with Gasteiger partial charge in [0.2, 0.25) is 5.91 Å². The minimum atomic E-state index is -0.379. The minimum Gasteiger partial charge on any atom is -0.370 e. The van der Waals surface area contributed by atoms with E-state index < -0.39 is 0 Å². The monoisotopic (exact) mass is 299 g/mol. The van der Waals surface area contributed by atoms with E-state index in [0.717, 1.165) is 11.3 Å².